The van der Waals surface area contributed by atoms with Gasteiger partial charge in [-0.25, -0.2) is 9.97 Å². The van der Waals surface area contributed by atoms with Crippen molar-refractivity contribution >= 4 is 23.2 Å². The number of carbonyl (C=O) groups excluding carboxylic acids is 1. The van der Waals surface area contributed by atoms with Crippen LogP contribution in [0, 0.1) is 13.8 Å². The van der Waals surface area contributed by atoms with Crippen LogP contribution in [0.2, 0.25) is 0 Å². The smallest absolute Gasteiger partial charge is 0.255 e. The first-order valence-electron chi connectivity index (χ1n) is 13.2. The molecular formula is C31H34N6O. The van der Waals surface area contributed by atoms with Crippen molar-refractivity contribution < 1.29 is 4.79 Å². The largest absolute Gasteiger partial charge is 0.324 e. The third-order valence-electron chi connectivity index (χ3n) is 7.22. The third kappa shape index (κ3) is 6.06. The summed E-state index contributed by atoms with van der Waals surface area (Å²) >= 11 is 0. The van der Waals surface area contributed by atoms with E-state index in [9.17, 15) is 4.79 Å². The number of amides is 1. The number of likely N-dealkylation sites (tertiary alicyclic amines) is 1. The van der Waals surface area contributed by atoms with Crippen molar-refractivity contribution in [2.45, 2.75) is 39.5 Å². The van der Waals surface area contributed by atoms with Gasteiger partial charge in [0.1, 0.15) is 0 Å². The number of benzene rings is 2. The van der Waals surface area contributed by atoms with Gasteiger partial charge in [-0.1, -0.05) is 19.1 Å². The highest BCUT2D eigenvalue weighted by Gasteiger charge is 2.20. The minimum Gasteiger partial charge on any atom is -0.324 e. The van der Waals surface area contributed by atoms with Gasteiger partial charge in [-0.3, -0.25) is 9.78 Å². The first kappa shape index (κ1) is 25.5. The van der Waals surface area contributed by atoms with Gasteiger partial charge >= 0.3 is 0 Å². The van der Waals surface area contributed by atoms with Crippen LogP contribution in [0.5, 0.6) is 0 Å². The Bertz CT molecular complexity index is 1410. The molecule has 1 amide bonds. The molecule has 0 bridgehead atoms. The van der Waals surface area contributed by atoms with Gasteiger partial charge < -0.3 is 15.5 Å². The Kier molecular flexibility index (Phi) is 7.75. The molecule has 0 saturated carbocycles. The highest BCUT2D eigenvalue weighted by molar-refractivity contribution is 6.05. The number of anilines is 3. The molecule has 2 N–H and O–H groups in total. The highest BCUT2D eigenvalue weighted by atomic mass is 16.1. The normalized spacial score (nSPS) is 14.3. The Hall–Kier alpha value is -4.10. The Morgan fingerprint density at radius 3 is 2.63 bits per heavy atom. The van der Waals surface area contributed by atoms with E-state index in [2.05, 4.69) is 56.5 Å². The number of hydrogen-bond donors (Lipinski definition) is 2. The summed E-state index contributed by atoms with van der Waals surface area (Å²) in [5.74, 6) is 0.853. The van der Waals surface area contributed by atoms with Crippen LogP contribution in [0.15, 0.2) is 73.2 Å². The summed E-state index contributed by atoms with van der Waals surface area (Å²) in [6.45, 7) is 9.67. The molecule has 38 heavy (non-hydrogen) atoms. The summed E-state index contributed by atoms with van der Waals surface area (Å²) in [6.07, 6.45) is 7.53. The second-order valence-corrected chi connectivity index (χ2v) is 9.96. The zero-order chi connectivity index (χ0) is 26.5. The number of nitrogens with zero attached hydrogens (tertiary/aromatic N) is 4. The Morgan fingerprint density at radius 1 is 1.03 bits per heavy atom. The molecule has 0 radical (unpaired) electrons. The molecule has 3 heterocycles. The molecule has 2 aromatic heterocycles. The van der Waals surface area contributed by atoms with Crippen molar-refractivity contribution in [3.63, 3.8) is 0 Å². The molecule has 1 aliphatic rings. The summed E-state index contributed by atoms with van der Waals surface area (Å²) in [7, 11) is 0. The summed E-state index contributed by atoms with van der Waals surface area (Å²) in [5, 5.41) is 6.41. The van der Waals surface area contributed by atoms with E-state index in [1.807, 2.05) is 49.4 Å². The van der Waals surface area contributed by atoms with E-state index >= 15 is 0 Å². The fourth-order valence-corrected chi connectivity index (χ4v) is 5.02. The first-order chi connectivity index (χ1) is 18.5. The van der Waals surface area contributed by atoms with E-state index in [4.69, 9.17) is 0 Å². The van der Waals surface area contributed by atoms with Gasteiger partial charge in [0.05, 0.1) is 5.69 Å². The van der Waals surface area contributed by atoms with Crippen LogP contribution < -0.4 is 10.6 Å². The lowest BCUT2D eigenvalue weighted by atomic mass is 9.88. The van der Waals surface area contributed by atoms with Crippen LogP contribution in [0.25, 0.3) is 11.3 Å². The minimum atomic E-state index is -0.143. The van der Waals surface area contributed by atoms with E-state index < -0.39 is 0 Å². The number of carbonyl (C=O) groups is 1. The molecule has 2 aromatic carbocycles. The van der Waals surface area contributed by atoms with Gasteiger partial charge in [-0.05, 0) is 111 Å². The number of aryl methyl sites for hydroxylation is 2. The Balaban J connectivity index is 1.31. The molecule has 0 atom stereocenters. The number of piperidine rings is 1. The molecule has 5 rings (SSSR count). The molecule has 194 valence electrons. The maximum Gasteiger partial charge on any atom is 0.255 e. The van der Waals surface area contributed by atoms with Crippen LogP contribution in [0.3, 0.4) is 0 Å². The number of aromatic nitrogens is 3. The predicted octanol–water partition coefficient (Wildman–Crippen LogP) is 6.35. The van der Waals surface area contributed by atoms with Crippen LogP contribution in [-0.2, 0) is 0 Å². The molecule has 7 nitrogen and oxygen atoms in total. The molecule has 7 heteroatoms. The average molecular weight is 507 g/mol. The fraction of sp³-hybridized carbons (Fsp3) is 0.290. The lowest BCUT2D eigenvalue weighted by Gasteiger charge is -2.31. The van der Waals surface area contributed by atoms with Gasteiger partial charge in [0.15, 0.2) is 0 Å². The van der Waals surface area contributed by atoms with E-state index in [1.54, 1.807) is 18.6 Å². The quantitative estimate of drug-likeness (QED) is 0.304. The SMILES string of the molecule is CCN1CCC(c2cc(C)cc(NC(=O)c3ccc(C)c(Nc4nccc(-c5cccnc5)n4)c3)c2)CC1. The second kappa shape index (κ2) is 11.5. The second-order valence-electron chi connectivity index (χ2n) is 9.96. The van der Waals surface area contributed by atoms with Gasteiger partial charge in [0, 0.05) is 41.1 Å². The van der Waals surface area contributed by atoms with E-state index in [1.165, 1.54) is 5.56 Å². The standard InChI is InChI=1S/C31H34N6O/c1-4-37-14-10-23(11-15-37)26-16-21(2)17-27(18-26)34-30(38)24-8-7-22(3)29(19-24)36-31-33-13-9-28(35-31)25-6-5-12-32-20-25/h5-9,12-13,16-20,23H,4,10-11,14-15H2,1-3H3,(H,34,38)(H,33,35,36). The summed E-state index contributed by atoms with van der Waals surface area (Å²) in [6, 6.07) is 17.8. The van der Waals surface area contributed by atoms with Gasteiger partial charge in [-0.2, -0.15) is 0 Å². The lowest BCUT2D eigenvalue weighted by Crippen LogP contribution is -2.32. The van der Waals surface area contributed by atoms with Crippen molar-refractivity contribution in [2.75, 3.05) is 30.3 Å². The first-order valence-corrected chi connectivity index (χ1v) is 13.2. The highest BCUT2D eigenvalue weighted by Crippen LogP contribution is 2.31. The van der Waals surface area contributed by atoms with Crippen molar-refractivity contribution in [1.82, 2.24) is 19.9 Å². The lowest BCUT2D eigenvalue weighted by molar-refractivity contribution is 0.102. The van der Waals surface area contributed by atoms with Crippen LogP contribution in [0.4, 0.5) is 17.3 Å². The van der Waals surface area contributed by atoms with Crippen molar-refractivity contribution in [1.29, 1.82) is 0 Å². The Morgan fingerprint density at radius 2 is 1.87 bits per heavy atom. The zero-order valence-electron chi connectivity index (χ0n) is 22.2. The number of pyridine rings is 1. The van der Waals surface area contributed by atoms with Crippen molar-refractivity contribution in [2.24, 2.45) is 0 Å². The number of hydrogen-bond acceptors (Lipinski definition) is 6. The van der Waals surface area contributed by atoms with E-state index in [0.717, 1.165) is 66.2 Å². The molecule has 4 aromatic rings. The van der Waals surface area contributed by atoms with E-state index in [-0.39, 0.29) is 5.91 Å². The van der Waals surface area contributed by atoms with Gasteiger partial charge in [0.25, 0.3) is 5.91 Å². The van der Waals surface area contributed by atoms with Gasteiger partial charge in [-0.15, -0.1) is 0 Å². The fourth-order valence-electron chi connectivity index (χ4n) is 5.02. The molecule has 1 saturated heterocycles. The molecule has 1 fully saturated rings. The molecule has 0 aliphatic carbocycles. The average Bonchev–Trinajstić information content (AvgIpc) is 2.94. The topological polar surface area (TPSA) is 83.0 Å². The predicted molar refractivity (Wildman–Crippen MR) is 153 cm³/mol. The maximum absolute atomic E-state index is 13.3. The molecule has 1 aliphatic heterocycles. The maximum atomic E-state index is 13.3. The summed E-state index contributed by atoms with van der Waals surface area (Å²) in [4.78, 5) is 28.9. The number of rotatable bonds is 7. The zero-order valence-corrected chi connectivity index (χ0v) is 22.2. The number of nitrogens with one attached hydrogen (secondary N) is 2. The van der Waals surface area contributed by atoms with Crippen molar-refractivity contribution in [3.05, 3.63) is 95.4 Å². The van der Waals surface area contributed by atoms with Crippen LogP contribution in [-0.4, -0.2) is 45.4 Å². The molecule has 0 unspecified atom stereocenters. The van der Waals surface area contributed by atoms with Gasteiger partial charge in [0.2, 0.25) is 5.95 Å². The van der Waals surface area contributed by atoms with E-state index in [0.29, 0.717) is 17.4 Å². The summed E-state index contributed by atoms with van der Waals surface area (Å²) < 4.78 is 0. The van der Waals surface area contributed by atoms with Crippen LogP contribution >= 0.6 is 0 Å². The monoisotopic (exact) mass is 506 g/mol. The minimum absolute atomic E-state index is 0.143. The van der Waals surface area contributed by atoms with Crippen LogP contribution in [0.1, 0.15) is 52.7 Å². The summed E-state index contributed by atoms with van der Waals surface area (Å²) in [5.41, 5.74) is 7.35. The van der Waals surface area contributed by atoms with Crippen molar-refractivity contribution in [3.8, 4) is 11.3 Å². The molecule has 0 spiro atoms. The Labute approximate surface area is 224 Å². The molecular weight excluding hydrogens is 472 g/mol. The third-order valence-corrected chi connectivity index (χ3v) is 7.22.